The summed E-state index contributed by atoms with van der Waals surface area (Å²) in [5.74, 6) is -5.82. The van der Waals surface area contributed by atoms with Crippen molar-refractivity contribution in [2.75, 3.05) is 18.6 Å². The number of rotatable bonds is 8. The van der Waals surface area contributed by atoms with Crippen molar-refractivity contribution in [2.24, 2.45) is 23.7 Å². The summed E-state index contributed by atoms with van der Waals surface area (Å²) in [5, 5.41) is 13.2. The summed E-state index contributed by atoms with van der Waals surface area (Å²) in [4.78, 5) is 58.6. The van der Waals surface area contributed by atoms with Gasteiger partial charge in [-0.15, -0.1) is 0 Å². The third-order valence-electron chi connectivity index (χ3n) is 10.4. The third kappa shape index (κ3) is 4.63. The van der Waals surface area contributed by atoms with Gasteiger partial charge in [-0.05, 0) is 80.1 Å². The molecule has 0 aromatic heterocycles. The van der Waals surface area contributed by atoms with Crippen LogP contribution in [0.3, 0.4) is 0 Å². The van der Waals surface area contributed by atoms with E-state index >= 15 is 4.79 Å². The molecule has 1 saturated carbocycles. The maximum Gasteiger partial charge on any atom is 0.260 e. The number of carbonyl (C=O) groups is 4. The van der Waals surface area contributed by atoms with E-state index in [9.17, 15) is 23.9 Å². The van der Waals surface area contributed by atoms with Crippen LogP contribution < -0.4 is 10.2 Å². The number of fused-ring (bicyclic) bond motifs is 4. The minimum Gasteiger partial charge on any atom is -0.504 e. The van der Waals surface area contributed by atoms with Gasteiger partial charge in [0.2, 0.25) is 11.8 Å². The molecule has 4 amide bonds. The predicted octanol–water partition coefficient (Wildman–Crippen LogP) is 5.98. The van der Waals surface area contributed by atoms with Crippen molar-refractivity contribution >= 4 is 40.9 Å². The monoisotopic (exact) mass is 671 g/mol. The normalized spacial score (nSPS) is 27.8. The number of imide groups is 2. The Morgan fingerprint density at radius 2 is 1.69 bits per heavy atom. The number of phenols is 1. The van der Waals surface area contributed by atoms with Gasteiger partial charge in [-0.1, -0.05) is 54.4 Å². The number of nitrogens with one attached hydrogen (secondary N) is 1. The van der Waals surface area contributed by atoms with E-state index in [1.807, 2.05) is 13.0 Å². The number of nitrogens with zero attached hydrogens (tertiary/aromatic N) is 2. The maximum absolute atomic E-state index is 15.2. The minimum atomic E-state index is -1.60. The Kier molecular flexibility index (Phi) is 8.02. The van der Waals surface area contributed by atoms with E-state index in [0.29, 0.717) is 34.8 Å². The van der Waals surface area contributed by atoms with Gasteiger partial charge in [-0.2, -0.15) is 5.01 Å². The average Bonchev–Trinajstić information content (AvgIpc) is 3.44. The Bertz CT molecular complexity index is 1850. The lowest BCUT2D eigenvalue weighted by atomic mass is 9.49. The van der Waals surface area contributed by atoms with Crippen LogP contribution in [0.15, 0.2) is 78.4 Å². The maximum atomic E-state index is 15.2. The lowest BCUT2D eigenvalue weighted by Gasteiger charge is -2.50. The number of anilines is 1. The van der Waals surface area contributed by atoms with Gasteiger partial charge in [0.1, 0.15) is 5.82 Å². The number of aromatic hydroxyl groups is 1. The van der Waals surface area contributed by atoms with Crippen molar-refractivity contribution in [3.63, 3.8) is 0 Å². The van der Waals surface area contributed by atoms with Crippen molar-refractivity contribution in [3.05, 3.63) is 100 Å². The van der Waals surface area contributed by atoms with E-state index < -0.39 is 52.6 Å². The van der Waals surface area contributed by atoms with Crippen LogP contribution in [-0.4, -0.2) is 51.8 Å². The van der Waals surface area contributed by atoms with Crippen LogP contribution in [0.4, 0.5) is 10.1 Å². The summed E-state index contributed by atoms with van der Waals surface area (Å²) in [6.45, 7) is 4.28. The number of hydrogen-bond acceptors (Lipinski definition) is 7. The van der Waals surface area contributed by atoms with Gasteiger partial charge in [0.15, 0.2) is 11.5 Å². The molecule has 11 heteroatoms. The zero-order valence-electron chi connectivity index (χ0n) is 26.5. The first kappa shape index (κ1) is 31.9. The SMILES string of the molecule is CCCN1C(=O)C2CC=C3C(CC4C(=O)N(Nc5ccc(F)cc5)C(=O)C4(c4ccc(Cl)cc4)C3c3cccc(OCC)c3O)C2C1=O. The first-order valence-electron chi connectivity index (χ1n) is 16.3. The molecule has 3 fully saturated rings. The zero-order chi connectivity index (χ0) is 33.9. The quantitative estimate of drug-likeness (QED) is 0.224. The number of benzene rings is 3. The van der Waals surface area contributed by atoms with Crippen molar-refractivity contribution in [2.45, 2.75) is 44.4 Å². The highest BCUT2D eigenvalue weighted by molar-refractivity contribution is 6.30. The minimum absolute atomic E-state index is 0.114. The fraction of sp³-hybridized carbons (Fsp3) is 0.351. The zero-order valence-corrected chi connectivity index (χ0v) is 27.2. The molecule has 0 bridgehead atoms. The molecular weight excluding hydrogens is 637 g/mol. The Hall–Kier alpha value is -4.70. The van der Waals surface area contributed by atoms with Gasteiger partial charge < -0.3 is 9.84 Å². The number of allylic oxidation sites excluding steroid dienone is 2. The molecule has 2 saturated heterocycles. The number of phenolic OH excluding ortho intramolecular Hbond substituents is 1. The highest BCUT2D eigenvalue weighted by Gasteiger charge is 2.70. The van der Waals surface area contributed by atoms with E-state index in [2.05, 4.69) is 5.43 Å². The van der Waals surface area contributed by atoms with Gasteiger partial charge in [0.05, 0.1) is 35.5 Å². The number of hydrogen-bond donors (Lipinski definition) is 2. The number of halogens is 2. The highest BCUT2D eigenvalue weighted by Crippen LogP contribution is 2.65. The first-order valence-corrected chi connectivity index (χ1v) is 16.7. The van der Waals surface area contributed by atoms with Gasteiger partial charge >= 0.3 is 0 Å². The molecule has 6 atom stereocenters. The van der Waals surface area contributed by atoms with Crippen molar-refractivity contribution in [1.29, 1.82) is 0 Å². The molecule has 0 spiro atoms. The lowest BCUT2D eigenvalue weighted by molar-refractivity contribution is -0.141. The fourth-order valence-electron chi connectivity index (χ4n) is 8.55. The number of para-hydroxylation sites is 1. The van der Waals surface area contributed by atoms with Gasteiger partial charge in [0, 0.05) is 23.0 Å². The molecule has 2 heterocycles. The van der Waals surface area contributed by atoms with E-state index in [1.54, 1.807) is 49.4 Å². The van der Waals surface area contributed by atoms with Gasteiger partial charge in [-0.3, -0.25) is 29.5 Å². The van der Waals surface area contributed by atoms with Crippen molar-refractivity contribution in [1.82, 2.24) is 9.91 Å². The van der Waals surface area contributed by atoms with Crippen LogP contribution in [0, 0.1) is 29.5 Å². The summed E-state index contributed by atoms with van der Waals surface area (Å²) < 4.78 is 19.6. The Balaban J connectivity index is 1.47. The lowest BCUT2D eigenvalue weighted by Crippen LogP contribution is -2.53. The number of hydrazine groups is 1. The van der Waals surface area contributed by atoms with Crippen LogP contribution in [0.2, 0.25) is 5.02 Å². The van der Waals surface area contributed by atoms with Gasteiger partial charge in [-0.25, -0.2) is 4.39 Å². The summed E-state index contributed by atoms with van der Waals surface area (Å²) in [6, 6.07) is 17.1. The molecule has 248 valence electrons. The molecular formula is C37H35ClFN3O6. The molecule has 3 aromatic rings. The van der Waals surface area contributed by atoms with E-state index in [1.165, 1.54) is 29.2 Å². The van der Waals surface area contributed by atoms with Crippen LogP contribution in [-0.2, 0) is 24.6 Å². The molecule has 2 aliphatic heterocycles. The topological polar surface area (TPSA) is 116 Å². The van der Waals surface area contributed by atoms with Crippen LogP contribution in [0.1, 0.15) is 50.2 Å². The molecule has 4 aliphatic rings. The highest BCUT2D eigenvalue weighted by atomic mass is 35.5. The van der Waals surface area contributed by atoms with Crippen LogP contribution >= 0.6 is 11.6 Å². The molecule has 6 unspecified atom stereocenters. The second-order valence-electron chi connectivity index (χ2n) is 12.8. The molecule has 3 aromatic carbocycles. The van der Waals surface area contributed by atoms with Gasteiger partial charge in [0.25, 0.3) is 11.8 Å². The number of carbonyl (C=O) groups excluding carboxylic acids is 4. The Morgan fingerprint density at radius 3 is 2.38 bits per heavy atom. The van der Waals surface area contributed by atoms with Crippen LogP contribution in [0.5, 0.6) is 11.5 Å². The van der Waals surface area contributed by atoms with E-state index in [0.717, 1.165) is 10.6 Å². The standard InChI is InChI=1S/C37H35ClFN3O6/c1-3-18-41-33(44)25-17-16-24-27(30(25)35(41)46)19-28-34(45)42(40-23-14-12-22(39)13-15-23)36(47)37(28,20-8-10-21(38)11-9-20)31(24)26-6-5-7-29(32(26)43)48-4-2/h5-16,25,27-28,30-31,40,43H,3-4,17-19H2,1-2H3. The van der Waals surface area contributed by atoms with Crippen LogP contribution in [0.25, 0.3) is 0 Å². The fourth-order valence-corrected chi connectivity index (χ4v) is 8.68. The second kappa shape index (κ2) is 12.1. The Morgan fingerprint density at radius 1 is 0.958 bits per heavy atom. The molecule has 0 radical (unpaired) electrons. The summed E-state index contributed by atoms with van der Waals surface area (Å²) in [6.07, 6.45) is 2.95. The molecule has 7 rings (SSSR count). The summed E-state index contributed by atoms with van der Waals surface area (Å²) >= 11 is 6.33. The summed E-state index contributed by atoms with van der Waals surface area (Å²) in [5.41, 5.74) is 3.24. The predicted molar refractivity (Wildman–Crippen MR) is 175 cm³/mol. The number of likely N-dealkylation sites (tertiary alicyclic amines) is 1. The first-order chi connectivity index (χ1) is 23.1. The third-order valence-corrected chi connectivity index (χ3v) is 10.7. The molecule has 2 aliphatic carbocycles. The number of ether oxygens (including phenoxy) is 1. The van der Waals surface area contributed by atoms with Crippen molar-refractivity contribution in [3.8, 4) is 11.5 Å². The Labute approximate surface area is 282 Å². The summed E-state index contributed by atoms with van der Waals surface area (Å²) in [7, 11) is 0. The molecule has 2 N–H and O–H groups in total. The van der Waals surface area contributed by atoms with Crippen molar-refractivity contribution < 1.29 is 33.4 Å². The van der Waals surface area contributed by atoms with E-state index in [4.69, 9.17) is 16.3 Å². The molecule has 48 heavy (non-hydrogen) atoms. The molecule has 9 nitrogen and oxygen atoms in total. The largest absolute Gasteiger partial charge is 0.504 e. The average molecular weight is 672 g/mol. The second-order valence-corrected chi connectivity index (χ2v) is 13.3. The smallest absolute Gasteiger partial charge is 0.260 e. The number of amides is 4. The van der Waals surface area contributed by atoms with E-state index in [-0.39, 0.29) is 42.8 Å².